The molecule has 0 amide bonds. The number of aliphatic hydroxyl groups is 1. The molecule has 1 aliphatic rings. The predicted octanol–water partition coefficient (Wildman–Crippen LogP) is 0.281. The van der Waals surface area contributed by atoms with Crippen molar-refractivity contribution in [3.8, 4) is 0 Å². The summed E-state index contributed by atoms with van der Waals surface area (Å²) >= 11 is 0.772. The number of aromatic carboxylic acids is 1. The fraction of sp³-hybridized carbons (Fsp3) is 0.600. The number of thiazole rings is 1. The first-order chi connectivity index (χ1) is 8.95. The Kier molecular flexibility index (Phi) is 4.19. The number of aliphatic hydroxyl groups excluding tert-OH is 1. The molecule has 1 fully saturated rings. The number of nitrogens with one attached hydrogen (secondary N) is 1. The lowest BCUT2D eigenvalue weighted by Gasteiger charge is -2.18. The van der Waals surface area contributed by atoms with Gasteiger partial charge in [-0.05, 0) is 18.8 Å². The molecule has 19 heavy (non-hydrogen) atoms. The molecule has 0 aliphatic heterocycles. The molecule has 2 unspecified atom stereocenters. The molecule has 1 aliphatic carbocycles. The van der Waals surface area contributed by atoms with Crippen molar-refractivity contribution in [2.24, 2.45) is 5.92 Å². The van der Waals surface area contributed by atoms with Crippen LogP contribution in [0.2, 0.25) is 0 Å². The van der Waals surface area contributed by atoms with Crippen LogP contribution in [0, 0.1) is 5.92 Å². The molecule has 1 saturated carbocycles. The van der Waals surface area contributed by atoms with Gasteiger partial charge in [-0.15, -0.1) is 11.3 Å². The summed E-state index contributed by atoms with van der Waals surface area (Å²) in [6.07, 6.45) is 2.25. The van der Waals surface area contributed by atoms with Gasteiger partial charge in [-0.1, -0.05) is 6.42 Å². The Morgan fingerprint density at radius 2 is 2.26 bits per heavy atom. The Bertz CT molecular complexity index is 568. The van der Waals surface area contributed by atoms with Crippen LogP contribution in [0.15, 0.2) is 9.72 Å². The largest absolute Gasteiger partial charge is 0.476 e. The number of carboxylic acids is 1. The monoisotopic (exact) mass is 306 g/mol. The summed E-state index contributed by atoms with van der Waals surface area (Å²) in [5, 5.41) is 18.1. The molecule has 106 valence electrons. The summed E-state index contributed by atoms with van der Waals surface area (Å²) in [6, 6.07) is -0.348. The van der Waals surface area contributed by atoms with Crippen molar-refractivity contribution in [3.05, 3.63) is 11.2 Å². The fourth-order valence-corrected chi connectivity index (χ4v) is 4.73. The van der Waals surface area contributed by atoms with Crippen LogP contribution in [0.3, 0.4) is 0 Å². The number of carbonyl (C=O) groups is 1. The lowest BCUT2D eigenvalue weighted by Crippen LogP contribution is -2.38. The predicted molar refractivity (Wildman–Crippen MR) is 67.6 cm³/mol. The van der Waals surface area contributed by atoms with Gasteiger partial charge >= 0.3 is 5.97 Å². The summed E-state index contributed by atoms with van der Waals surface area (Å²) in [6.45, 7) is -0.0817. The minimum atomic E-state index is -3.90. The van der Waals surface area contributed by atoms with Gasteiger partial charge in [-0.25, -0.2) is 22.9 Å². The van der Waals surface area contributed by atoms with Crippen LogP contribution in [0.4, 0.5) is 0 Å². The number of carboxylic acid groups (broad SMARTS) is 1. The van der Waals surface area contributed by atoms with E-state index in [0.29, 0.717) is 6.42 Å². The summed E-state index contributed by atoms with van der Waals surface area (Å²) in [4.78, 5) is 14.4. The first-order valence-corrected chi connectivity index (χ1v) is 8.12. The van der Waals surface area contributed by atoms with Crippen molar-refractivity contribution >= 4 is 27.3 Å². The second-order valence-electron chi connectivity index (χ2n) is 4.39. The van der Waals surface area contributed by atoms with E-state index in [9.17, 15) is 13.2 Å². The molecular weight excluding hydrogens is 292 g/mol. The van der Waals surface area contributed by atoms with E-state index in [2.05, 4.69) is 9.71 Å². The normalized spacial score (nSPS) is 23.6. The molecule has 2 rings (SSSR count). The molecule has 3 N–H and O–H groups in total. The number of aromatic nitrogens is 1. The summed E-state index contributed by atoms with van der Waals surface area (Å²) < 4.78 is 26.5. The Morgan fingerprint density at radius 3 is 2.89 bits per heavy atom. The molecular formula is C10H14N2O5S2. The van der Waals surface area contributed by atoms with E-state index in [1.54, 1.807) is 0 Å². The molecule has 0 radical (unpaired) electrons. The molecule has 7 nitrogen and oxygen atoms in total. The highest BCUT2D eigenvalue weighted by Gasteiger charge is 2.33. The van der Waals surface area contributed by atoms with Crippen LogP contribution in [-0.2, 0) is 10.0 Å². The standard InChI is InChI=1S/C10H14N2O5S2/c13-4-6-2-1-3-7(6)12-19(16,17)10-8(9(14)15)11-5-18-10/h5-7,12-13H,1-4H2,(H,14,15). The Labute approximate surface area is 114 Å². The topological polar surface area (TPSA) is 117 Å². The van der Waals surface area contributed by atoms with Gasteiger partial charge in [-0.2, -0.15) is 0 Å². The van der Waals surface area contributed by atoms with Crippen molar-refractivity contribution in [1.29, 1.82) is 0 Å². The van der Waals surface area contributed by atoms with E-state index in [-0.39, 0.29) is 22.8 Å². The third-order valence-corrected chi connectivity index (χ3v) is 6.04. The van der Waals surface area contributed by atoms with E-state index in [1.807, 2.05) is 0 Å². The maximum Gasteiger partial charge on any atom is 0.356 e. The number of hydrogen-bond acceptors (Lipinski definition) is 6. The average Bonchev–Trinajstić information content (AvgIpc) is 2.95. The molecule has 0 spiro atoms. The van der Waals surface area contributed by atoms with Gasteiger partial charge in [0, 0.05) is 12.6 Å². The smallest absolute Gasteiger partial charge is 0.356 e. The summed E-state index contributed by atoms with van der Waals surface area (Å²) in [5.74, 6) is -1.48. The number of hydrogen-bond donors (Lipinski definition) is 3. The minimum absolute atomic E-state index is 0.0817. The van der Waals surface area contributed by atoms with Crippen molar-refractivity contribution in [2.45, 2.75) is 29.5 Å². The van der Waals surface area contributed by atoms with Gasteiger partial charge < -0.3 is 10.2 Å². The molecule has 9 heteroatoms. The van der Waals surface area contributed by atoms with E-state index in [4.69, 9.17) is 10.2 Å². The molecule has 1 aromatic heterocycles. The molecule has 1 aromatic rings. The zero-order chi connectivity index (χ0) is 14.0. The van der Waals surface area contributed by atoms with E-state index in [1.165, 1.54) is 5.51 Å². The lowest BCUT2D eigenvalue weighted by atomic mass is 10.1. The van der Waals surface area contributed by atoms with Crippen molar-refractivity contribution in [3.63, 3.8) is 0 Å². The first kappa shape index (κ1) is 14.4. The summed E-state index contributed by atoms with van der Waals surface area (Å²) in [5.41, 5.74) is 0.729. The second kappa shape index (κ2) is 5.53. The highest BCUT2D eigenvalue weighted by Crippen LogP contribution is 2.28. The van der Waals surface area contributed by atoms with E-state index < -0.39 is 21.7 Å². The van der Waals surface area contributed by atoms with Crippen LogP contribution >= 0.6 is 11.3 Å². The van der Waals surface area contributed by atoms with Crippen LogP contribution in [0.1, 0.15) is 29.8 Å². The Hall–Kier alpha value is -1.03. The SMILES string of the molecule is O=C(O)c1ncsc1S(=O)(=O)NC1CCCC1CO. The van der Waals surface area contributed by atoms with Crippen LogP contribution in [-0.4, -0.2) is 42.2 Å². The quantitative estimate of drug-likeness (QED) is 0.719. The van der Waals surface area contributed by atoms with Crippen molar-refractivity contribution in [1.82, 2.24) is 9.71 Å². The molecule has 0 bridgehead atoms. The highest BCUT2D eigenvalue weighted by atomic mass is 32.2. The zero-order valence-electron chi connectivity index (χ0n) is 9.94. The van der Waals surface area contributed by atoms with Crippen LogP contribution < -0.4 is 4.72 Å². The van der Waals surface area contributed by atoms with Crippen molar-refractivity contribution < 1.29 is 23.4 Å². The average molecular weight is 306 g/mol. The maximum atomic E-state index is 12.2. The molecule has 2 atom stereocenters. The fourth-order valence-electron chi connectivity index (χ4n) is 2.23. The zero-order valence-corrected chi connectivity index (χ0v) is 11.6. The van der Waals surface area contributed by atoms with Gasteiger partial charge in [-0.3, -0.25) is 0 Å². The van der Waals surface area contributed by atoms with Crippen molar-refractivity contribution in [2.75, 3.05) is 6.61 Å². The highest BCUT2D eigenvalue weighted by molar-refractivity contribution is 7.91. The molecule has 0 aromatic carbocycles. The third-order valence-electron chi connectivity index (χ3n) is 3.18. The Morgan fingerprint density at radius 1 is 1.53 bits per heavy atom. The van der Waals surface area contributed by atoms with Crippen LogP contribution in [0.25, 0.3) is 0 Å². The number of nitrogens with zero attached hydrogens (tertiary/aromatic N) is 1. The lowest BCUT2D eigenvalue weighted by molar-refractivity contribution is 0.0687. The minimum Gasteiger partial charge on any atom is -0.476 e. The third kappa shape index (κ3) is 2.94. The second-order valence-corrected chi connectivity index (χ2v) is 7.16. The number of sulfonamides is 1. The van der Waals surface area contributed by atoms with E-state index >= 15 is 0 Å². The molecule has 0 saturated heterocycles. The maximum absolute atomic E-state index is 12.2. The number of rotatable bonds is 5. The Balaban J connectivity index is 2.23. The van der Waals surface area contributed by atoms with Crippen LogP contribution in [0.5, 0.6) is 0 Å². The first-order valence-electron chi connectivity index (χ1n) is 5.75. The van der Waals surface area contributed by atoms with Gasteiger partial charge in [0.15, 0.2) is 9.90 Å². The van der Waals surface area contributed by atoms with E-state index in [0.717, 1.165) is 24.2 Å². The van der Waals surface area contributed by atoms with Gasteiger partial charge in [0.05, 0.1) is 5.51 Å². The van der Waals surface area contributed by atoms with Gasteiger partial charge in [0.2, 0.25) is 0 Å². The van der Waals surface area contributed by atoms with Gasteiger partial charge in [0.1, 0.15) is 0 Å². The summed E-state index contributed by atoms with van der Waals surface area (Å²) in [7, 11) is -3.90. The van der Waals surface area contributed by atoms with Gasteiger partial charge in [0.25, 0.3) is 10.0 Å². The molecule has 1 heterocycles.